The lowest BCUT2D eigenvalue weighted by Gasteiger charge is -2.57. The molecule has 57 heavy (non-hydrogen) atoms. The average Bonchev–Trinajstić information content (AvgIpc) is 3.19. The van der Waals surface area contributed by atoms with E-state index < -0.39 is 0 Å². The van der Waals surface area contributed by atoms with Gasteiger partial charge >= 0.3 is 0 Å². The van der Waals surface area contributed by atoms with Crippen molar-refractivity contribution in [2.24, 2.45) is 23.2 Å². The molecule has 9 heteroatoms. The Labute approximate surface area is 341 Å². The van der Waals surface area contributed by atoms with Crippen molar-refractivity contribution in [1.29, 1.82) is 0 Å². The number of ether oxygens (including phenoxy) is 1. The van der Waals surface area contributed by atoms with Crippen LogP contribution in [-0.4, -0.2) is 92.3 Å². The third-order valence-electron chi connectivity index (χ3n) is 14.6. The highest BCUT2D eigenvalue weighted by atomic mass is 16.5. The van der Waals surface area contributed by atoms with Crippen molar-refractivity contribution in [1.82, 2.24) is 25.4 Å². The molecule has 6 fully saturated rings. The van der Waals surface area contributed by atoms with Gasteiger partial charge in [0, 0.05) is 101 Å². The minimum Gasteiger partial charge on any atom is -0.381 e. The number of hydrogen-bond acceptors (Lipinski definition) is 7. The lowest BCUT2D eigenvalue weighted by molar-refractivity contribution is -0.0567. The molecule has 9 rings (SSSR count). The van der Waals surface area contributed by atoms with Gasteiger partial charge in [0.25, 0.3) is 11.5 Å². The largest absolute Gasteiger partial charge is 0.381 e. The maximum absolute atomic E-state index is 14.0. The summed E-state index contributed by atoms with van der Waals surface area (Å²) in [7, 11) is 0. The summed E-state index contributed by atoms with van der Waals surface area (Å²) in [6.07, 6.45) is 12.5. The van der Waals surface area contributed by atoms with Crippen LogP contribution in [0.1, 0.15) is 103 Å². The van der Waals surface area contributed by atoms with Gasteiger partial charge in [-0.1, -0.05) is 24.3 Å². The van der Waals surface area contributed by atoms with Crippen molar-refractivity contribution >= 4 is 11.6 Å². The van der Waals surface area contributed by atoms with Crippen LogP contribution in [0, 0.1) is 43.9 Å². The van der Waals surface area contributed by atoms with Gasteiger partial charge in [-0.25, -0.2) is 0 Å². The van der Waals surface area contributed by atoms with Crippen molar-refractivity contribution in [3.63, 3.8) is 0 Å². The molecule has 4 saturated carbocycles. The van der Waals surface area contributed by atoms with E-state index in [0.717, 1.165) is 130 Å². The van der Waals surface area contributed by atoms with Gasteiger partial charge in [0.2, 0.25) is 0 Å². The Morgan fingerprint density at radius 2 is 1.54 bits per heavy atom. The van der Waals surface area contributed by atoms with Gasteiger partial charge in [0.15, 0.2) is 0 Å². The molecule has 0 unspecified atom stereocenters. The van der Waals surface area contributed by atoms with E-state index in [4.69, 9.17) is 4.74 Å². The second-order valence-corrected chi connectivity index (χ2v) is 18.7. The number of nitrogens with zero attached hydrogens (tertiary/aromatic N) is 3. The maximum atomic E-state index is 14.0. The van der Waals surface area contributed by atoms with Gasteiger partial charge < -0.3 is 25.3 Å². The molecule has 3 heterocycles. The Morgan fingerprint density at radius 3 is 2.19 bits per heavy atom. The monoisotopic (exact) mass is 777 g/mol. The topological polar surface area (TPSA) is 92.9 Å². The van der Waals surface area contributed by atoms with Gasteiger partial charge in [-0.2, -0.15) is 0 Å². The summed E-state index contributed by atoms with van der Waals surface area (Å²) in [5.74, 6) is 2.99. The van der Waals surface area contributed by atoms with E-state index in [1.807, 2.05) is 26.0 Å². The summed E-state index contributed by atoms with van der Waals surface area (Å²) in [6.45, 7) is 19.5. The molecule has 3 aromatic rings. The zero-order chi connectivity index (χ0) is 39.5. The van der Waals surface area contributed by atoms with Crippen LogP contribution in [0.25, 0.3) is 11.1 Å². The molecule has 2 aliphatic heterocycles. The first-order chi connectivity index (χ1) is 27.6. The minimum atomic E-state index is -0.165. The summed E-state index contributed by atoms with van der Waals surface area (Å²) < 4.78 is 5.71. The van der Waals surface area contributed by atoms with E-state index in [1.54, 1.807) is 0 Å². The first kappa shape index (κ1) is 40.3. The van der Waals surface area contributed by atoms with Crippen LogP contribution in [0.5, 0.6) is 0 Å². The Morgan fingerprint density at radius 1 is 0.877 bits per heavy atom. The number of pyridine rings is 1. The van der Waals surface area contributed by atoms with Crippen molar-refractivity contribution in [2.45, 2.75) is 105 Å². The number of carbonyl (C=O) groups is 1. The number of nitrogens with one attached hydrogen (secondary N) is 3. The SMILES string of the molecule is CCN(c1cc(-c2ccc(CN3CCN(CCNCCC45CC6CC(CC(C6)C4)C5)CC3)cc2)cc(C(=O)NCc2c(C)cc(C)[nH]c2=O)c1C)C1CCOCC1. The van der Waals surface area contributed by atoms with E-state index in [9.17, 15) is 9.59 Å². The van der Waals surface area contributed by atoms with E-state index in [2.05, 4.69) is 74.5 Å². The van der Waals surface area contributed by atoms with Crippen molar-refractivity contribution in [3.05, 3.63) is 86.3 Å². The number of hydrogen-bond donors (Lipinski definition) is 3. The standard InChI is InChI=1S/C48H68N6O3/c1-5-54(42-10-20-57-21-11-42)45-27-41(26-43(35(45)4)46(55)50-31-44-33(2)22-34(3)51-47(44)56)40-8-6-36(7-9-40)32-53-18-16-52(17-19-53)15-14-49-13-12-48-28-37-23-38(29-48)25-39(24-37)30-48/h6-9,22,26-27,37-39,42,49H,5,10-21,23-25,28-32H2,1-4H3,(H,50,55)(H,51,56). The van der Waals surface area contributed by atoms with E-state index in [0.29, 0.717) is 22.6 Å². The summed E-state index contributed by atoms with van der Waals surface area (Å²) in [4.78, 5) is 37.3. The molecule has 9 nitrogen and oxygen atoms in total. The Hall–Kier alpha value is -3.50. The van der Waals surface area contributed by atoms with Gasteiger partial charge in [0.1, 0.15) is 0 Å². The third-order valence-corrected chi connectivity index (χ3v) is 14.6. The molecule has 0 atom stereocenters. The molecule has 0 spiro atoms. The van der Waals surface area contributed by atoms with Crippen molar-refractivity contribution in [2.75, 3.05) is 70.5 Å². The van der Waals surface area contributed by atoms with Crippen LogP contribution in [0.15, 0.2) is 47.3 Å². The number of aryl methyl sites for hydroxylation is 2. The molecule has 4 bridgehead atoms. The summed E-state index contributed by atoms with van der Waals surface area (Å²) in [5.41, 5.74) is 8.97. The predicted molar refractivity (Wildman–Crippen MR) is 231 cm³/mol. The molecule has 3 N–H and O–H groups in total. The number of aromatic nitrogens is 1. The van der Waals surface area contributed by atoms with Gasteiger partial charge in [0.05, 0.1) is 0 Å². The number of benzene rings is 2. The molecule has 1 aromatic heterocycles. The third kappa shape index (κ3) is 9.38. The van der Waals surface area contributed by atoms with Crippen LogP contribution in [0.3, 0.4) is 0 Å². The average molecular weight is 777 g/mol. The molecule has 4 aliphatic carbocycles. The highest BCUT2D eigenvalue weighted by Gasteiger charge is 2.50. The molecule has 6 aliphatic rings. The number of amides is 1. The van der Waals surface area contributed by atoms with Gasteiger partial charge in [-0.15, -0.1) is 0 Å². The molecular formula is C48H68N6O3. The molecule has 308 valence electrons. The fraction of sp³-hybridized carbons (Fsp3) is 0.625. The van der Waals surface area contributed by atoms with E-state index in [1.165, 1.54) is 57.1 Å². The van der Waals surface area contributed by atoms with Crippen LogP contribution in [0.2, 0.25) is 0 Å². The second kappa shape index (κ2) is 17.8. The quantitative estimate of drug-likeness (QED) is 0.141. The Bertz CT molecular complexity index is 1870. The fourth-order valence-electron chi connectivity index (χ4n) is 11.9. The number of aromatic amines is 1. The molecule has 2 saturated heterocycles. The Kier molecular flexibility index (Phi) is 12.6. The molecular weight excluding hydrogens is 709 g/mol. The predicted octanol–water partition coefficient (Wildman–Crippen LogP) is 7.22. The number of piperazine rings is 1. The van der Waals surface area contributed by atoms with Crippen LogP contribution in [0.4, 0.5) is 5.69 Å². The summed E-state index contributed by atoms with van der Waals surface area (Å²) in [5, 5.41) is 6.93. The van der Waals surface area contributed by atoms with Crippen LogP contribution >= 0.6 is 0 Å². The van der Waals surface area contributed by atoms with Crippen LogP contribution < -0.4 is 21.1 Å². The van der Waals surface area contributed by atoms with Crippen molar-refractivity contribution in [3.8, 4) is 11.1 Å². The second-order valence-electron chi connectivity index (χ2n) is 18.7. The number of anilines is 1. The smallest absolute Gasteiger partial charge is 0.253 e. The Balaban J connectivity index is 0.874. The molecule has 2 aromatic carbocycles. The number of carbonyl (C=O) groups excluding carboxylic acids is 1. The normalized spacial score (nSPS) is 25.2. The van der Waals surface area contributed by atoms with Gasteiger partial charge in [-0.3, -0.25) is 19.4 Å². The highest BCUT2D eigenvalue weighted by Crippen LogP contribution is 2.61. The van der Waals surface area contributed by atoms with E-state index in [-0.39, 0.29) is 18.0 Å². The van der Waals surface area contributed by atoms with E-state index >= 15 is 0 Å². The zero-order valence-corrected chi connectivity index (χ0v) is 35.3. The first-order valence-electron chi connectivity index (χ1n) is 22.4. The van der Waals surface area contributed by atoms with Crippen molar-refractivity contribution < 1.29 is 9.53 Å². The first-order valence-corrected chi connectivity index (χ1v) is 22.4. The summed E-state index contributed by atoms with van der Waals surface area (Å²) >= 11 is 0. The summed E-state index contributed by atoms with van der Waals surface area (Å²) in [6, 6.07) is 15.6. The minimum absolute atomic E-state index is 0.151. The number of H-pyrrole nitrogens is 1. The highest BCUT2D eigenvalue weighted by molar-refractivity contribution is 5.99. The molecule has 1 amide bonds. The van der Waals surface area contributed by atoms with Crippen LogP contribution in [-0.2, 0) is 17.8 Å². The lowest BCUT2D eigenvalue weighted by Crippen LogP contribution is -2.48. The van der Waals surface area contributed by atoms with Gasteiger partial charge in [-0.05, 0) is 161 Å². The maximum Gasteiger partial charge on any atom is 0.253 e. The lowest BCUT2D eigenvalue weighted by atomic mass is 9.49. The fourth-order valence-corrected chi connectivity index (χ4v) is 11.9. The molecule has 0 radical (unpaired) electrons. The zero-order valence-electron chi connectivity index (χ0n) is 35.3. The number of rotatable bonds is 15.